The van der Waals surface area contributed by atoms with Gasteiger partial charge >= 0.3 is 0 Å². The lowest BCUT2D eigenvalue weighted by Gasteiger charge is -2.43. The van der Waals surface area contributed by atoms with Crippen molar-refractivity contribution in [1.29, 1.82) is 0 Å². The van der Waals surface area contributed by atoms with Crippen molar-refractivity contribution in [3.8, 4) is 0 Å². The fourth-order valence-corrected chi connectivity index (χ4v) is 3.33. The Hall–Kier alpha value is -0.860. The van der Waals surface area contributed by atoms with Crippen molar-refractivity contribution in [1.82, 2.24) is 10.2 Å². The second kappa shape index (κ2) is 7.95. The summed E-state index contributed by atoms with van der Waals surface area (Å²) in [6.07, 6.45) is 2.42. The van der Waals surface area contributed by atoms with E-state index in [9.17, 15) is 0 Å². The average molecular weight is 288 g/mol. The Kier molecular flexibility index (Phi) is 6.25. The van der Waals surface area contributed by atoms with Crippen molar-refractivity contribution < 1.29 is 0 Å². The molecule has 3 unspecified atom stereocenters. The van der Waals surface area contributed by atoms with Crippen LogP contribution in [0, 0.1) is 11.8 Å². The van der Waals surface area contributed by atoms with E-state index in [4.69, 9.17) is 0 Å². The molecular weight excluding hydrogens is 256 g/mol. The maximum atomic E-state index is 3.80. The van der Waals surface area contributed by atoms with Gasteiger partial charge in [-0.2, -0.15) is 0 Å². The SMILES string of the molecule is CCC(C)C1CN(CC(C)C)C(Cc2ccccc2)CN1. The maximum Gasteiger partial charge on any atom is 0.0261 e. The van der Waals surface area contributed by atoms with Crippen LogP contribution in [0.5, 0.6) is 0 Å². The fourth-order valence-electron chi connectivity index (χ4n) is 3.33. The molecule has 0 amide bonds. The first kappa shape index (κ1) is 16.5. The van der Waals surface area contributed by atoms with Crippen molar-refractivity contribution in [2.45, 2.75) is 52.6 Å². The van der Waals surface area contributed by atoms with E-state index in [2.05, 4.69) is 68.2 Å². The molecule has 0 radical (unpaired) electrons. The predicted molar refractivity (Wildman–Crippen MR) is 91.6 cm³/mol. The monoisotopic (exact) mass is 288 g/mol. The first-order valence-corrected chi connectivity index (χ1v) is 8.61. The molecule has 21 heavy (non-hydrogen) atoms. The van der Waals surface area contributed by atoms with Crippen molar-refractivity contribution in [3.63, 3.8) is 0 Å². The minimum absolute atomic E-state index is 0.634. The van der Waals surface area contributed by atoms with Gasteiger partial charge in [-0.05, 0) is 23.8 Å². The third-order valence-electron chi connectivity index (χ3n) is 4.81. The maximum absolute atomic E-state index is 3.80. The molecule has 1 aromatic rings. The van der Waals surface area contributed by atoms with Crippen LogP contribution in [-0.4, -0.2) is 36.6 Å². The highest BCUT2D eigenvalue weighted by Gasteiger charge is 2.30. The molecule has 0 saturated carbocycles. The lowest BCUT2D eigenvalue weighted by molar-refractivity contribution is 0.0967. The summed E-state index contributed by atoms with van der Waals surface area (Å²) in [5.41, 5.74) is 1.46. The number of hydrogen-bond donors (Lipinski definition) is 1. The van der Waals surface area contributed by atoms with Crippen LogP contribution in [0.1, 0.15) is 39.7 Å². The third-order valence-corrected chi connectivity index (χ3v) is 4.81. The molecule has 1 N–H and O–H groups in total. The summed E-state index contributed by atoms with van der Waals surface area (Å²) in [4.78, 5) is 2.73. The zero-order valence-electron chi connectivity index (χ0n) is 14.2. The summed E-state index contributed by atoms with van der Waals surface area (Å²) < 4.78 is 0. The fraction of sp³-hybridized carbons (Fsp3) is 0.684. The Balaban J connectivity index is 2.02. The van der Waals surface area contributed by atoms with Crippen molar-refractivity contribution in [3.05, 3.63) is 35.9 Å². The molecular formula is C19H32N2. The van der Waals surface area contributed by atoms with Gasteiger partial charge in [-0.1, -0.05) is 64.4 Å². The number of piperazine rings is 1. The second-order valence-corrected chi connectivity index (χ2v) is 7.09. The molecule has 1 aliphatic rings. The van der Waals surface area contributed by atoms with Gasteiger partial charge in [0.2, 0.25) is 0 Å². The summed E-state index contributed by atoms with van der Waals surface area (Å²) in [6.45, 7) is 12.9. The summed E-state index contributed by atoms with van der Waals surface area (Å²) >= 11 is 0. The van der Waals surface area contributed by atoms with Crippen LogP contribution in [0.3, 0.4) is 0 Å². The van der Waals surface area contributed by atoms with Gasteiger partial charge in [0.1, 0.15) is 0 Å². The van der Waals surface area contributed by atoms with Crippen molar-refractivity contribution in [2.75, 3.05) is 19.6 Å². The molecule has 1 fully saturated rings. The lowest BCUT2D eigenvalue weighted by atomic mass is 9.93. The molecule has 3 atom stereocenters. The normalized spacial score (nSPS) is 25.2. The molecule has 2 rings (SSSR count). The van der Waals surface area contributed by atoms with E-state index < -0.39 is 0 Å². The van der Waals surface area contributed by atoms with Gasteiger partial charge in [-0.3, -0.25) is 4.90 Å². The van der Waals surface area contributed by atoms with Gasteiger partial charge in [-0.15, -0.1) is 0 Å². The first-order chi connectivity index (χ1) is 10.1. The van der Waals surface area contributed by atoms with E-state index in [1.807, 2.05) is 0 Å². The highest BCUT2D eigenvalue weighted by Crippen LogP contribution is 2.19. The Morgan fingerprint density at radius 3 is 2.52 bits per heavy atom. The zero-order valence-corrected chi connectivity index (χ0v) is 14.2. The van der Waals surface area contributed by atoms with E-state index in [1.54, 1.807) is 0 Å². The van der Waals surface area contributed by atoms with Gasteiger partial charge in [-0.25, -0.2) is 0 Å². The molecule has 118 valence electrons. The molecule has 1 aromatic carbocycles. The topological polar surface area (TPSA) is 15.3 Å². The molecule has 1 aliphatic heterocycles. The Labute approximate surface area is 130 Å². The number of nitrogens with zero attached hydrogens (tertiary/aromatic N) is 1. The number of rotatable bonds is 6. The highest BCUT2D eigenvalue weighted by molar-refractivity contribution is 5.16. The minimum atomic E-state index is 0.634. The Morgan fingerprint density at radius 2 is 1.90 bits per heavy atom. The van der Waals surface area contributed by atoms with Gasteiger partial charge in [0.25, 0.3) is 0 Å². The molecule has 0 aromatic heterocycles. The average Bonchev–Trinajstić information content (AvgIpc) is 2.48. The first-order valence-electron chi connectivity index (χ1n) is 8.61. The number of benzene rings is 1. The molecule has 2 nitrogen and oxygen atoms in total. The third kappa shape index (κ3) is 4.82. The van der Waals surface area contributed by atoms with Crippen LogP contribution in [0.4, 0.5) is 0 Å². The van der Waals surface area contributed by atoms with Crippen LogP contribution >= 0.6 is 0 Å². The minimum Gasteiger partial charge on any atom is -0.311 e. The van der Waals surface area contributed by atoms with Gasteiger partial charge in [0.05, 0.1) is 0 Å². The highest BCUT2D eigenvalue weighted by atomic mass is 15.2. The van der Waals surface area contributed by atoms with Crippen LogP contribution in [0.2, 0.25) is 0 Å². The molecule has 0 spiro atoms. The summed E-state index contributed by atoms with van der Waals surface area (Å²) in [5.74, 6) is 1.50. The summed E-state index contributed by atoms with van der Waals surface area (Å²) in [7, 11) is 0. The van der Waals surface area contributed by atoms with Gasteiger partial charge < -0.3 is 5.32 Å². The standard InChI is InChI=1S/C19H32N2/c1-5-16(4)19-14-21(13-15(2)3)18(12-20-19)11-17-9-7-6-8-10-17/h6-10,15-16,18-20H,5,11-14H2,1-4H3. The van der Waals surface area contributed by atoms with E-state index in [0.29, 0.717) is 12.1 Å². The lowest BCUT2D eigenvalue weighted by Crippen LogP contribution is -2.59. The second-order valence-electron chi connectivity index (χ2n) is 7.09. The van der Waals surface area contributed by atoms with Gasteiger partial charge in [0, 0.05) is 31.7 Å². The van der Waals surface area contributed by atoms with Crippen LogP contribution in [0.25, 0.3) is 0 Å². The number of hydrogen-bond acceptors (Lipinski definition) is 2. The Bertz CT molecular complexity index is 401. The van der Waals surface area contributed by atoms with E-state index in [0.717, 1.165) is 24.8 Å². The summed E-state index contributed by atoms with van der Waals surface area (Å²) in [5, 5.41) is 3.80. The van der Waals surface area contributed by atoms with Crippen molar-refractivity contribution in [2.24, 2.45) is 11.8 Å². The predicted octanol–water partition coefficient (Wildman–Crippen LogP) is 3.57. The van der Waals surface area contributed by atoms with Crippen LogP contribution < -0.4 is 5.32 Å². The van der Waals surface area contributed by atoms with E-state index in [1.165, 1.54) is 25.1 Å². The molecule has 1 heterocycles. The molecule has 0 bridgehead atoms. The largest absolute Gasteiger partial charge is 0.311 e. The molecule has 0 aliphatic carbocycles. The van der Waals surface area contributed by atoms with Gasteiger partial charge in [0.15, 0.2) is 0 Å². The quantitative estimate of drug-likeness (QED) is 0.861. The summed E-state index contributed by atoms with van der Waals surface area (Å²) in [6, 6.07) is 12.2. The van der Waals surface area contributed by atoms with E-state index in [-0.39, 0.29) is 0 Å². The van der Waals surface area contributed by atoms with Crippen LogP contribution in [0.15, 0.2) is 30.3 Å². The van der Waals surface area contributed by atoms with E-state index >= 15 is 0 Å². The molecule has 2 heteroatoms. The van der Waals surface area contributed by atoms with Crippen molar-refractivity contribution >= 4 is 0 Å². The smallest absolute Gasteiger partial charge is 0.0261 e. The zero-order chi connectivity index (χ0) is 15.2. The van der Waals surface area contributed by atoms with Crippen LogP contribution in [-0.2, 0) is 6.42 Å². The number of nitrogens with one attached hydrogen (secondary N) is 1. The molecule has 1 saturated heterocycles. The Morgan fingerprint density at radius 1 is 1.19 bits per heavy atom.